The van der Waals surface area contributed by atoms with Crippen molar-refractivity contribution in [2.45, 2.75) is 27.5 Å². The molecule has 0 atom stereocenters. The average Bonchev–Trinajstić information content (AvgIpc) is 2.85. The topological polar surface area (TPSA) is 111 Å². The number of fused-ring (bicyclic) bond motifs is 1. The van der Waals surface area contributed by atoms with Gasteiger partial charge in [0.2, 0.25) is 5.91 Å². The van der Waals surface area contributed by atoms with E-state index in [2.05, 4.69) is 15.4 Å². The zero-order valence-corrected chi connectivity index (χ0v) is 12.7. The molecule has 0 fully saturated rings. The predicted octanol–water partition coefficient (Wildman–Crippen LogP) is -0.324. The molecule has 0 aliphatic carbocycles. The molecule has 0 saturated heterocycles. The number of amides is 1. The number of imidazole rings is 1. The van der Waals surface area contributed by atoms with Crippen molar-refractivity contribution in [2.75, 3.05) is 18.6 Å². The Morgan fingerprint density at radius 2 is 2.09 bits per heavy atom. The molecule has 2 aromatic heterocycles. The molecule has 0 aromatic carbocycles. The number of hydrogen-bond donors (Lipinski definition) is 2. The van der Waals surface area contributed by atoms with Gasteiger partial charge in [0.15, 0.2) is 11.2 Å². The van der Waals surface area contributed by atoms with Crippen LogP contribution in [0.4, 0.5) is 0 Å². The highest BCUT2D eigenvalue weighted by atomic mass is 16.5. The minimum absolute atomic E-state index is 0.0916. The Kier molecular flexibility index (Phi) is 4.57. The number of carbonyl (C=O) groups excluding carboxylic acids is 1. The number of rotatable bonds is 5. The van der Waals surface area contributed by atoms with Crippen LogP contribution >= 0.6 is 0 Å². The molecule has 2 heterocycles. The molecule has 0 aliphatic heterocycles. The van der Waals surface area contributed by atoms with Crippen molar-refractivity contribution in [1.29, 1.82) is 0 Å². The SMILES string of the molecule is CC(C)(C)C(=O)Nn1cnc2c(ncn2COCCO)c1=O. The highest BCUT2D eigenvalue weighted by Crippen LogP contribution is 2.13. The van der Waals surface area contributed by atoms with Crippen LogP contribution in [0.15, 0.2) is 17.4 Å². The normalized spacial score (nSPS) is 11.8. The zero-order chi connectivity index (χ0) is 16.3. The molecule has 2 N–H and O–H groups in total. The van der Waals surface area contributed by atoms with E-state index in [0.29, 0.717) is 5.65 Å². The van der Waals surface area contributed by atoms with E-state index in [4.69, 9.17) is 9.84 Å². The van der Waals surface area contributed by atoms with E-state index in [9.17, 15) is 9.59 Å². The van der Waals surface area contributed by atoms with Gasteiger partial charge in [-0.3, -0.25) is 19.6 Å². The number of aliphatic hydroxyl groups is 1. The van der Waals surface area contributed by atoms with Gasteiger partial charge in [-0.2, -0.15) is 0 Å². The summed E-state index contributed by atoms with van der Waals surface area (Å²) in [6, 6.07) is 0. The molecular weight excluding hydrogens is 290 g/mol. The van der Waals surface area contributed by atoms with Gasteiger partial charge in [-0.1, -0.05) is 20.8 Å². The summed E-state index contributed by atoms with van der Waals surface area (Å²) in [5.74, 6) is -0.304. The molecule has 120 valence electrons. The molecular formula is C13H19N5O4. The van der Waals surface area contributed by atoms with Gasteiger partial charge in [0, 0.05) is 5.41 Å². The smallest absolute Gasteiger partial charge is 0.300 e. The molecule has 2 aromatic rings. The van der Waals surface area contributed by atoms with Gasteiger partial charge in [0.1, 0.15) is 13.1 Å². The summed E-state index contributed by atoms with van der Waals surface area (Å²) in [6.45, 7) is 5.44. The zero-order valence-electron chi connectivity index (χ0n) is 12.7. The van der Waals surface area contributed by atoms with Gasteiger partial charge < -0.3 is 9.84 Å². The van der Waals surface area contributed by atoms with Crippen molar-refractivity contribution in [3.05, 3.63) is 23.0 Å². The second-order valence-electron chi connectivity index (χ2n) is 5.76. The van der Waals surface area contributed by atoms with Crippen LogP contribution in [0.25, 0.3) is 11.2 Å². The molecule has 0 spiro atoms. The van der Waals surface area contributed by atoms with Gasteiger partial charge in [-0.25, -0.2) is 14.6 Å². The van der Waals surface area contributed by atoms with Gasteiger partial charge in [0.25, 0.3) is 5.56 Å². The van der Waals surface area contributed by atoms with E-state index in [-0.39, 0.29) is 31.4 Å². The highest BCUT2D eigenvalue weighted by Gasteiger charge is 2.22. The Bertz CT molecular complexity index is 728. The summed E-state index contributed by atoms with van der Waals surface area (Å²) in [6.07, 6.45) is 2.66. The molecule has 0 aliphatic rings. The Morgan fingerprint density at radius 3 is 2.73 bits per heavy atom. The van der Waals surface area contributed by atoms with Crippen molar-refractivity contribution >= 4 is 17.1 Å². The third-order valence-electron chi connectivity index (χ3n) is 2.90. The van der Waals surface area contributed by atoms with Crippen LogP contribution in [0, 0.1) is 5.41 Å². The molecule has 22 heavy (non-hydrogen) atoms. The fourth-order valence-electron chi connectivity index (χ4n) is 1.62. The first kappa shape index (κ1) is 16.1. The standard InChI is InChI=1S/C13H19N5O4/c1-13(2,3)12(21)16-18-7-15-10-9(11(18)20)14-6-17(10)8-22-5-4-19/h6-7,19H,4-5,8H2,1-3H3,(H,16,21). The van der Waals surface area contributed by atoms with E-state index in [0.717, 1.165) is 4.68 Å². The lowest BCUT2D eigenvalue weighted by molar-refractivity contribution is -0.124. The van der Waals surface area contributed by atoms with E-state index < -0.39 is 11.0 Å². The Morgan fingerprint density at radius 1 is 1.36 bits per heavy atom. The lowest BCUT2D eigenvalue weighted by Crippen LogP contribution is -2.39. The van der Waals surface area contributed by atoms with E-state index in [1.807, 2.05) is 0 Å². The maximum atomic E-state index is 12.3. The molecule has 0 saturated carbocycles. The quantitative estimate of drug-likeness (QED) is 0.732. The molecule has 1 amide bonds. The molecule has 9 nitrogen and oxygen atoms in total. The second-order valence-corrected chi connectivity index (χ2v) is 5.76. The maximum absolute atomic E-state index is 12.3. The number of nitrogens with one attached hydrogen (secondary N) is 1. The van der Waals surface area contributed by atoms with Crippen molar-refractivity contribution in [1.82, 2.24) is 19.2 Å². The van der Waals surface area contributed by atoms with Crippen LogP contribution in [-0.2, 0) is 16.3 Å². The number of nitrogens with zero attached hydrogens (tertiary/aromatic N) is 4. The first-order chi connectivity index (χ1) is 10.3. The predicted molar refractivity (Wildman–Crippen MR) is 78.6 cm³/mol. The molecule has 0 bridgehead atoms. The minimum Gasteiger partial charge on any atom is -0.394 e. The lowest BCUT2D eigenvalue weighted by Gasteiger charge is -2.18. The summed E-state index contributed by atoms with van der Waals surface area (Å²) in [7, 11) is 0. The van der Waals surface area contributed by atoms with E-state index in [1.54, 1.807) is 25.3 Å². The Balaban J connectivity index is 2.28. The van der Waals surface area contributed by atoms with Crippen LogP contribution in [0.3, 0.4) is 0 Å². The monoisotopic (exact) mass is 309 g/mol. The first-order valence-electron chi connectivity index (χ1n) is 6.77. The molecule has 2 rings (SSSR count). The molecule has 0 radical (unpaired) electrons. The fraction of sp³-hybridized carbons (Fsp3) is 0.538. The maximum Gasteiger partial charge on any atom is 0.300 e. The third-order valence-corrected chi connectivity index (χ3v) is 2.90. The number of aliphatic hydroxyl groups excluding tert-OH is 1. The second kappa shape index (κ2) is 6.24. The summed E-state index contributed by atoms with van der Waals surface area (Å²) < 4.78 is 7.73. The lowest BCUT2D eigenvalue weighted by atomic mass is 9.96. The van der Waals surface area contributed by atoms with Crippen molar-refractivity contribution in [2.24, 2.45) is 5.41 Å². The van der Waals surface area contributed by atoms with Gasteiger partial charge in [-0.15, -0.1) is 0 Å². The Hall–Kier alpha value is -2.26. The number of carbonyl (C=O) groups is 1. The average molecular weight is 309 g/mol. The highest BCUT2D eigenvalue weighted by molar-refractivity contribution is 5.88. The summed E-state index contributed by atoms with van der Waals surface area (Å²) >= 11 is 0. The van der Waals surface area contributed by atoms with Crippen LogP contribution in [0.1, 0.15) is 20.8 Å². The van der Waals surface area contributed by atoms with Gasteiger partial charge in [0.05, 0.1) is 19.5 Å². The van der Waals surface area contributed by atoms with Gasteiger partial charge >= 0.3 is 0 Å². The minimum atomic E-state index is -0.633. The van der Waals surface area contributed by atoms with Crippen LogP contribution in [-0.4, -0.2) is 43.4 Å². The van der Waals surface area contributed by atoms with Crippen molar-refractivity contribution < 1.29 is 14.6 Å². The summed E-state index contributed by atoms with van der Waals surface area (Å²) in [4.78, 5) is 32.3. The van der Waals surface area contributed by atoms with Crippen LogP contribution < -0.4 is 11.0 Å². The van der Waals surface area contributed by atoms with Crippen molar-refractivity contribution in [3.8, 4) is 0 Å². The van der Waals surface area contributed by atoms with Gasteiger partial charge in [-0.05, 0) is 0 Å². The molecule has 0 unspecified atom stereocenters. The summed E-state index contributed by atoms with van der Waals surface area (Å²) in [5, 5.41) is 8.68. The largest absolute Gasteiger partial charge is 0.394 e. The van der Waals surface area contributed by atoms with Crippen LogP contribution in [0.5, 0.6) is 0 Å². The number of hydrogen-bond acceptors (Lipinski definition) is 6. The van der Waals surface area contributed by atoms with E-state index in [1.165, 1.54) is 12.7 Å². The number of ether oxygens (including phenoxy) is 1. The first-order valence-corrected chi connectivity index (χ1v) is 6.77. The number of aromatic nitrogens is 4. The molecule has 9 heteroatoms. The Labute approximate surface area is 126 Å². The fourth-order valence-corrected chi connectivity index (χ4v) is 1.62. The van der Waals surface area contributed by atoms with Crippen molar-refractivity contribution in [3.63, 3.8) is 0 Å². The van der Waals surface area contributed by atoms with E-state index >= 15 is 0 Å². The third kappa shape index (κ3) is 3.31. The van der Waals surface area contributed by atoms with Crippen LogP contribution in [0.2, 0.25) is 0 Å². The summed E-state index contributed by atoms with van der Waals surface area (Å²) in [5.41, 5.74) is 1.87.